The van der Waals surface area contributed by atoms with Crippen LogP contribution in [0.2, 0.25) is 0 Å². The molecule has 2 aromatic carbocycles. The van der Waals surface area contributed by atoms with Gasteiger partial charge in [-0.25, -0.2) is 0 Å². The van der Waals surface area contributed by atoms with E-state index in [4.69, 9.17) is 9.47 Å². The first kappa shape index (κ1) is 20.0. The highest BCUT2D eigenvalue weighted by Gasteiger charge is 2.46. The SMILES string of the molecule is CCOc1ccc(C2c3c(-c4ccccc4)n[nH]c3C(=O)N2C(C)(C)C)cc1OC. The Labute approximate surface area is 176 Å². The predicted octanol–water partition coefficient (Wildman–Crippen LogP) is 4.83. The van der Waals surface area contributed by atoms with Crippen molar-refractivity contribution in [2.45, 2.75) is 39.3 Å². The summed E-state index contributed by atoms with van der Waals surface area (Å²) in [4.78, 5) is 15.3. The highest BCUT2D eigenvalue weighted by Crippen LogP contribution is 2.47. The number of carbonyl (C=O) groups is 1. The van der Waals surface area contributed by atoms with E-state index in [2.05, 4.69) is 10.2 Å². The number of aromatic nitrogens is 2. The standard InChI is InChI=1S/C24H27N3O3/c1-6-30-17-13-12-16(14-18(17)29-5)22-19-20(15-10-8-7-9-11-15)25-26-21(19)23(28)27(22)24(2,3)4/h7-14,22H,6H2,1-5H3,(H,25,26). The van der Waals surface area contributed by atoms with Gasteiger partial charge in [0.15, 0.2) is 11.5 Å². The lowest BCUT2D eigenvalue weighted by molar-refractivity contribution is 0.0545. The molecule has 0 spiro atoms. The summed E-state index contributed by atoms with van der Waals surface area (Å²) < 4.78 is 11.3. The molecule has 1 atom stereocenters. The van der Waals surface area contributed by atoms with Crippen molar-refractivity contribution < 1.29 is 14.3 Å². The Morgan fingerprint density at radius 3 is 2.47 bits per heavy atom. The van der Waals surface area contributed by atoms with Gasteiger partial charge in [0.05, 0.1) is 25.5 Å². The fourth-order valence-electron chi connectivity index (χ4n) is 4.10. The number of nitrogens with zero attached hydrogens (tertiary/aromatic N) is 2. The van der Waals surface area contributed by atoms with Crippen LogP contribution in [-0.2, 0) is 0 Å². The first-order valence-corrected chi connectivity index (χ1v) is 10.1. The van der Waals surface area contributed by atoms with E-state index in [1.165, 1.54) is 0 Å². The lowest BCUT2D eigenvalue weighted by atomic mass is 9.93. The predicted molar refractivity (Wildman–Crippen MR) is 116 cm³/mol. The Morgan fingerprint density at radius 1 is 1.10 bits per heavy atom. The molecular weight excluding hydrogens is 378 g/mol. The maximum Gasteiger partial charge on any atom is 0.273 e. The number of amides is 1. The molecule has 1 unspecified atom stereocenters. The Balaban J connectivity index is 1.92. The van der Waals surface area contributed by atoms with Crippen LogP contribution in [0.25, 0.3) is 11.3 Å². The Hall–Kier alpha value is -3.28. The van der Waals surface area contributed by atoms with Crippen LogP contribution >= 0.6 is 0 Å². The molecule has 4 rings (SSSR count). The number of methoxy groups -OCH3 is 1. The van der Waals surface area contributed by atoms with Crippen molar-refractivity contribution in [2.75, 3.05) is 13.7 Å². The number of hydrogen-bond donors (Lipinski definition) is 1. The molecule has 156 valence electrons. The third-order valence-corrected chi connectivity index (χ3v) is 5.34. The van der Waals surface area contributed by atoms with E-state index >= 15 is 0 Å². The van der Waals surface area contributed by atoms with E-state index in [1.54, 1.807) is 7.11 Å². The molecule has 3 aromatic rings. The second kappa shape index (κ2) is 7.52. The van der Waals surface area contributed by atoms with Gasteiger partial charge in [-0.2, -0.15) is 5.10 Å². The minimum absolute atomic E-state index is 0.0509. The zero-order valence-corrected chi connectivity index (χ0v) is 18.0. The van der Waals surface area contributed by atoms with E-state index in [1.807, 2.05) is 81.1 Å². The van der Waals surface area contributed by atoms with Gasteiger partial charge in [0.2, 0.25) is 0 Å². The number of carbonyl (C=O) groups excluding carboxylic acids is 1. The fraction of sp³-hybridized carbons (Fsp3) is 0.333. The normalized spacial score (nSPS) is 16.0. The number of aromatic amines is 1. The number of rotatable bonds is 5. The van der Waals surface area contributed by atoms with Crippen molar-refractivity contribution in [2.24, 2.45) is 0 Å². The topological polar surface area (TPSA) is 67.5 Å². The molecule has 0 saturated carbocycles. The van der Waals surface area contributed by atoms with Gasteiger partial charge in [-0.05, 0) is 45.4 Å². The van der Waals surface area contributed by atoms with Gasteiger partial charge in [0.25, 0.3) is 5.91 Å². The second-order valence-corrected chi connectivity index (χ2v) is 8.32. The molecule has 0 radical (unpaired) electrons. The largest absolute Gasteiger partial charge is 0.493 e. The van der Waals surface area contributed by atoms with Crippen LogP contribution in [-0.4, -0.2) is 40.3 Å². The molecule has 6 heteroatoms. The molecule has 6 nitrogen and oxygen atoms in total. The van der Waals surface area contributed by atoms with Gasteiger partial charge in [-0.15, -0.1) is 0 Å². The Morgan fingerprint density at radius 2 is 1.83 bits per heavy atom. The average Bonchev–Trinajstić information content (AvgIpc) is 3.28. The monoisotopic (exact) mass is 405 g/mol. The molecule has 0 saturated heterocycles. The van der Waals surface area contributed by atoms with E-state index in [-0.39, 0.29) is 17.5 Å². The molecule has 1 aliphatic heterocycles. The second-order valence-electron chi connectivity index (χ2n) is 8.32. The zero-order valence-electron chi connectivity index (χ0n) is 18.0. The van der Waals surface area contributed by atoms with Gasteiger partial charge in [0.1, 0.15) is 5.69 Å². The summed E-state index contributed by atoms with van der Waals surface area (Å²) in [6.45, 7) is 8.63. The molecule has 1 N–H and O–H groups in total. The minimum atomic E-state index is -0.388. The van der Waals surface area contributed by atoms with Gasteiger partial charge in [-0.1, -0.05) is 36.4 Å². The van der Waals surface area contributed by atoms with Gasteiger partial charge >= 0.3 is 0 Å². The molecule has 2 heterocycles. The molecule has 0 fully saturated rings. The quantitative estimate of drug-likeness (QED) is 0.660. The summed E-state index contributed by atoms with van der Waals surface area (Å²) in [6, 6.07) is 15.5. The van der Waals surface area contributed by atoms with E-state index < -0.39 is 0 Å². The van der Waals surface area contributed by atoms with Crippen LogP contribution in [0, 0.1) is 0 Å². The number of nitrogens with one attached hydrogen (secondary N) is 1. The van der Waals surface area contributed by atoms with E-state index in [0.29, 0.717) is 23.8 Å². The van der Waals surface area contributed by atoms with Crippen molar-refractivity contribution in [3.05, 3.63) is 65.4 Å². The van der Waals surface area contributed by atoms with Crippen LogP contribution < -0.4 is 9.47 Å². The third kappa shape index (κ3) is 3.22. The summed E-state index contributed by atoms with van der Waals surface area (Å²) in [5, 5.41) is 7.51. The van der Waals surface area contributed by atoms with Crippen molar-refractivity contribution in [3.8, 4) is 22.8 Å². The Kier molecular flexibility index (Phi) is 5.02. The van der Waals surface area contributed by atoms with Crippen LogP contribution in [0.1, 0.15) is 55.4 Å². The minimum Gasteiger partial charge on any atom is -0.493 e. The summed E-state index contributed by atoms with van der Waals surface area (Å²) in [5.74, 6) is 1.28. The molecule has 0 aliphatic carbocycles. The maximum atomic E-state index is 13.4. The summed E-state index contributed by atoms with van der Waals surface area (Å²) in [7, 11) is 1.63. The fourth-order valence-corrected chi connectivity index (χ4v) is 4.10. The van der Waals surface area contributed by atoms with Crippen molar-refractivity contribution >= 4 is 5.91 Å². The molecule has 1 aromatic heterocycles. The number of hydrogen-bond acceptors (Lipinski definition) is 4. The van der Waals surface area contributed by atoms with Crippen molar-refractivity contribution in [3.63, 3.8) is 0 Å². The summed E-state index contributed by atoms with van der Waals surface area (Å²) >= 11 is 0. The maximum absolute atomic E-state index is 13.4. The summed E-state index contributed by atoms with van der Waals surface area (Å²) in [5.41, 5.74) is 3.77. The summed E-state index contributed by atoms with van der Waals surface area (Å²) in [6.07, 6.45) is 0. The first-order valence-electron chi connectivity index (χ1n) is 10.1. The van der Waals surface area contributed by atoms with Crippen LogP contribution in [0.4, 0.5) is 0 Å². The van der Waals surface area contributed by atoms with Gasteiger partial charge < -0.3 is 14.4 Å². The molecule has 0 bridgehead atoms. The molecular formula is C24H27N3O3. The van der Waals surface area contributed by atoms with Gasteiger partial charge in [-0.3, -0.25) is 9.89 Å². The number of ether oxygens (including phenoxy) is 2. The van der Waals surface area contributed by atoms with Crippen molar-refractivity contribution in [1.29, 1.82) is 0 Å². The van der Waals surface area contributed by atoms with Crippen LogP contribution in [0.15, 0.2) is 48.5 Å². The van der Waals surface area contributed by atoms with Crippen molar-refractivity contribution in [1.82, 2.24) is 15.1 Å². The lowest BCUT2D eigenvalue weighted by Gasteiger charge is -2.38. The highest BCUT2D eigenvalue weighted by atomic mass is 16.5. The number of H-pyrrole nitrogens is 1. The molecule has 1 amide bonds. The van der Waals surface area contributed by atoms with Crippen LogP contribution in [0.5, 0.6) is 11.5 Å². The zero-order chi connectivity index (χ0) is 21.5. The van der Waals surface area contributed by atoms with E-state index in [9.17, 15) is 4.79 Å². The molecule has 1 aliphatic rings. The van der Waals surface area contributed by atoms with Crippen LogP contribution in [0.3, 0.4) is 0 Å². The number of benzene rings is 2. The van der Waals surface area contributed by atoms with E-state index in [0.717, 1.165) is 22.4 Å². The lowest BCUT2D eigenvalue weighted by Crippen LogP contribution is -2.44. The van der Waals surface area contributed by atoms with Gasteiger partial charge in [0, 0.05) is 16.7 Å². The third-order valence-electron chi connectivity index (χ3n) is 5.34. The molecule has 30 heavy (non-hydrogen) atoms. The smallest absolute Gasteiger partial charge is 0.273 e. The average molecular weight is 405 g/mol. The number of fused-ring (bicyclic) bond motifs is 1. The Bertz CT molecular complexity index is 1070. The first-order chi connectivity index (χ1) is 14.4. The highest BCUT2D eigenvalue weighted by molar-refractivity contribution is 6.00.